The van der Waals surface area contributed by atoms with Gasteiger partial charge >= 0.3 is 19.7 Å². The van der Waals surface area contributed by atoms with Crippen LogP contribution >= 0.6 is 7.60 Å². The molecule has 0 radical (unpaired) electrons. The Bertz CT molecular complexity index is 1350. The fraction of sp³-hybridized carbons (Fsp3) is 0.387. The fourth-order valence-electron chi connectivity index (χ4n) is 5.84. The molecule has 42 heavy (non-hydrogen) atoms. The first kappa shape index (κ1) is 33.3. The molecule has 0 aliphatic carbocycles. The van der Waals surface area contributed by atoms with Crippen LogP contribution in [0.3, 0.4) is 0 Å². The number of nitrogens with zero attached hydrogens (tertiary/aromatic N) is 2. The first-order valence-corrected chi connectivity index (χ1v) is 15.1. The Balaban J connectivity index is 2.41. The van der Waals surface area contributed by atoms with E-state index < -0.39 is 42.8 Å². The van der Waals surface area contributed by atoms with E-state index in [4.69, 9.17) is 9.05 Å². The molecule has 11 heteroatoms. The summed E-state index contributed by atoms with van der Waals surface area (Å²) in [6, 6.07) is 13.9. The van der Waals surface area contributed by atoms with Gasteiger partial charge in [-0.3, -0.25) is 14.3 Å². The summed E-state index contributed by atoms with van der Waals surface area (Å²) in [5, 5.41) is 10.9. The van der Waals surface area contributed by atoms with Crippen molar-refractivity contribution >= 4 is 13.6 Å². The van der Waals surface area contributed by atoms with Crippen molar-refractivity contribution in [1.82, 2.24) is 9.80 Å². The third-order valence-electron chi connectivity index (χ3n) is 7.75. The van der Waals surface area contributed by atoms with Crippen molar-refractivity contribution in [3.63, 3.8) is 0 Å². The Kier molecular flexibility index (Phi) is 10.7. The quantitative estimate of drug-likeness (QED) is 0.187. The molecule has 1 N–H and O–H groups in total. The first-order chi connectivity index (χ1) is 19.8. The molecule has 1 aliphatic rings. The highest BCUT2D eigenvalue weighted by Crippen LogP contribution is 2.67. The molecule has 0 amide bonds. The lowest BCUT2D eigenvalue weighted by atomic mass is 9.72. The van der Waals surface area contributed by atoms with Crippen molar-refractivity contribution in [3.05, 3.63) is 108 Å². The van der Waals surface area contributed by atoms with Crippen LogP contribution < -0.4 is 0 Å². The number of carboxylic acid groups (broad SMARTS) is 1. The maximum atomic E-state index is 14.6. The predicted molar refractivity (Wildman–Crippen MR) is 157 cm³/mol. The lowest BCUT2D eigenvalue weighted by Gasteiger charge is -2.57. The Labute approximate surface area is 245 Å². The van der Waals surface area contributed by atoms with Gasteiger partial charge in [-0.1, -0.05) is 60.7 Å². The van der Waals surface area contributed by atoms with Gasteiger partial charge in [0.15, 0.2) is 0 Å². The van der Waals surface area contributed by atoms with Crippen LogP contribution in [0.2, 0.25) is 0 Å². The minimum absolute atomic E-state index is 0.00893. The summed E-state index contributed by atoms with van der Waals surface area (Å²) in [4.78, 5) is 17.0. The Morgan fingerprint density at radius 2 is 1.71 bits per heavy atom. The molecule has 0 bridgehead atoms. The predicted octanol–water partition coefficient (Wildman–Crippen LogP) is 7.50. The summed E-state index contributed by atoms with van der Waals surface area (Å²) >= 11 is 0. The second kappa shape index (κ2) is 13.4. The lowest BCUT2D eigenvalue weighted by molar-refractivity contribution is -0.158. The average molecular weight is 607 g/mol. The molecule has 3 rings (SSSR count). The van der Waals surface area contributed by atoms with Gasteiger partial charge in [-0.2, -0.15) is 13.2 Å². The van der Waals surface area contributed by atoms with E-state index >= 15 is 0 Å². The Hall–Kier alpha value is -3.17. The summed E-state index contributed by atoms with van der Waals surface area (Å²) in [6.07, 6.45) is -1.95. The standard InChI is InChI=1S/C31H38F3N2O5P/c1-7-18-40-42(39,41-19-8-2)28-22(4)36(9-3)30(5,35(6)21-23-14-11-10-12-15-23)27(29(37)38)26(28)24-16-13-17-25(20-24)31(32,33)34/h7-8,10-17,20,26-27H,1-2,9,18-19,21H2,3-6H3,(H,37,38). The van der Waals surface area contributed by atoms with E-state index in [2.05, 4.69) is 13.2 Å². The van der Waals surface area contributed by atoms with E-state index in [-0.39, 0.29) is 24.1 Å². The summed E-state index contributed by atoms with van der Waals surface area (Å²) in [5.41, 5.74) is -0.890. The van der Waals surface area contributed by atoms with Crippen LogP contribution in [-0.2, 0) is 31.1 Å². The topological polar surface area (TPSA) is 79.3 Å². The zero-order valence-corrected chi connectivity index (χ0v) is 25.2. The van der Waals surface area contributed by atoms with Crippen LogP contribution in [0.25, 0.3) is 0 Å². The smallest absolute Gasteiger partial charge is 0.416 e. The van der Waals surface area contributed by atoms with E-state index in [1.54, 1.807) is 20.9 Å². The fourth-order valence-corrected chi connectivity index (χ4v) is 7.96. The maximum Gasteiger partial charge on any atom is 0.416 e. The van der Waals surface area contributed by atoms with Gasteiger partial charge in [0.2, 0.25) is 0 Å². The number of carbonyl (C=O) groups is 1. The highest BCUT2D eigenvalue weighted by Gasteiger charge is 2.59. The third kappa shape index (κ3) is 6.57. The van der Waals surface area contributed by atoms with Gasteiger partial charge in [0.05, 0.1) is 24.1 Å². The summed E-state index contributed by atoms with van der Waals surface area (Å²) in [6.45, 7) is 12.7. The average Bonchev–Trinajstić information content (AvgIpc) is 2.94. The summed E-state index contributed by atoms with van der Waals surface area (Å²) < 4.78 is 67.8. The second-order valence-electron chi connectivity index (χ2n) is 10.2. The van der Waals surface area contributed by atoms with Crippen LogP contribution in [0.15, 0.2) is 90.9 Å². The molecular weight excluding hydrogens is 568 g/mol. The van der Waals surface area contributed by atoms with E-state index in [0.29, 0.717) is 18.8 Å². The van der Waals surface area contributed by atoms with Crippen LogP contribution in [0.1, 0.15) is 43.4 Å². The number of hydrogen-bond donors (Lipinski definition) is 1. The molecule has 1 aliphatic heterocycles. The molecule has 228 valence electrons. The van der Waals surface area contributed by atoms with Gasteiger partial charge in [0.25, 0.3) is 0 Å². The molecule has 2 aromatic carbocycles. The molecule has 7 nitrogen and oxygen atoms in total. The van der Waals surface area contributed by atoms with Crippen LogP contribution in [0.5, 0.6) is 0 Å². The van der Waals surface area contributed by atoms with Gasteiger partial charge in [0, 0.05) is 24.7 Å². The van der Waals surface area contributed by atoms with Crippen molar-refractivity contribution in [2.75, 3.05) is 26.8 Å². The number of rotatable bonds is 13. The Morgan fingerprint density at radius 1 is 1.12 bits per heavy atom. The summed E-state index contributed by atoms with van der Waals surface area (Å²) in [5.74, 6) is -3.99. The van der Waals surface area contributed by atoms with Gasteiger partial charge in [-0.05, 0) is 45.0 Å². The second-order valence-corrected chi connectivity index (χ2v) is 12.2. The largest absolute Gasteiger partial charge is 0.481 e. The number of aliphatic carboxylic acids is 1. The third-order valence-corrected chi connectivity index (χ3v) is 9.92. The number of hydrogen-bond acceptors (Lipinski definition) is 6. The van der Waals surface area contributed by atoms with Crippen molar-refractivity contribution in [3.8, 4) is 0 Å². The van der Waals surface area contributed by atoms with Crippen LogP contribution in [-0.4, -0.2) is 53.3 Å². The van der Waals surface area contributed by atoms with Gasteiger partial charge in [-0.15, -0.1) is 13.2 Å². The zero-order valence-electron chi connectivity index (χ0n) is 24.3. The zero-order chi connectivity index (χ0) is 31.3. The molecule has 0 saturated carbocycles. The molecule has 1 heterocycles. The van der Waals surface area contributed by atoms with E-state index in [0.717, 1.165) is 17.7 Å². The highest BCUT2D eigenvalue weighted by molar-refractivity contribution is 7.58. The molecule has 0 fully saturated rings. The number of alkyl halides is 3. The maximum absolute atomic E-state index is 14.6. The van der Waals surface area contributed by atoms with Crippen molar-refractivity contribution in [2.45, 2.75) is 45.1 Å². The van der Waals surface area contributed by atoms with Crippen molar-refractivity contribution in [1.29, 1.82) is 0 Å². The molecule has 3 unspecified atom stereocenters. The van der Waals surface area contributed by atoms with Crippen molar-refractivity contribution < 1.29 is 36.7 Å². The SMILES string of the molecule is C=CCOP(=O)(OCC=C)C1=C(C)N(CC)C(C)(N(C)Cc2ccccc2)C(C(=O)O)C1c1cccc(C(F)(F)F)c1. The number of carboxylic acids is 1. The van der Waals surface area contributed by atoms with Crippen LogP contribution in [0.4, 0.5) is 13.2 Å². The molecule has 0 aromatic heterocycles. The monoisotopic (exact) mass is 606 g/mol. The highest BCUT2D eigenvalue weighted by atomic mass is 31.2. The minimum atomic E-state index is -4.69. The first-order valence-electron chi connectivity index (χ1n) is 13.5. The van der Waals surface area contributed by atoms with E-state index in [1.807, 2.05) is 47.1 Å². The summed E-state index contributed by atoms with van der Waals surface area (Å²) in [7, 11) is -2.54. The molecular formula is C31H38F3N2O5P. The number of halogens is 3. The van der Waals surface area contributed by atoms with Gasteiger partial charge < -0.3 is 19.1 Å². The van der Waals surface area contributed by atoms with Crippen molar-refractivity contribution in [2.24, 2.45) is 5.92 Å². The van der Waals surface area contributed by atoms with Gasteiger partial charge in [0.1, 0.15) is 11.6 Å². The van der Waals surface area contributed by atoms with E-state index in [1.165, 1.54) is 24.3 Å². The number of benzene rings is 2. The Morgan fingerprint density at radius 3 is 2.21 bits per heavy atom. The molecule has 0 spiro atoms. The normalized spacial score (nSPS) is 21.5. The van der Waals surface area contributed by atoms with Crippen LogP contribution in [0, 0.1) is 5.92 Å². The van der Waals surface area contributed by atoms with E-state index in [9.17, 15) is 27.6 Å². The molecule has 3 atom stereocenters. The lowest BCUT2D eigenvalue weighted by Crippen LogP contribution is -2.66. The number of allylic oxidation sites excluding steroid dienone is 2. The molecule has 0 saturated heterocycles. The minimum Gasteiger partial charge on any atom is -0.481 e. The molecule has 2 aromatic rings. The van der Waals surface area contributed by atoms with Gasteiger partial charge in [-0.25, -0.2) is 0 Å².